The Morgan fingerprint density at radius 2 is 2.25 bits per heavy atom. The van der Waals surface area contributed by atoms with Gasteiger partial charge in [-0.2, -0.15) is 0 Å². The number of amides is 1. The number of carbonyl (C=O) groups excluding carboxylic acids is 1. The molecule has 6 heteroatoms. The molecular formula is C18H24N4O2. The third-order valence-corrected chi connectivity index (χ3v) is 4.18. The van der Waals surface area contributed by atoms with E-state index in [1.807, 2.05) is 62.7 Å². The molecule has 0 saturated carbocycles. The van der Waals surface area contributed by atoms with Gasteiger partial charge in [-0.1, -0.05) is 6.07 Å². The summed E-state index contributed by atoms with van der Waals surface area (Å²) in [5, 5.41) is 0. The second-order valence-corrected chi connectivity index (χ2v) is 6.35. The summed E-state index contributed by atoms with van der Waals surface area (Å²) in [6, 6.07) is 7.62. The summed E-state index contributed by atoms with van der Waals surface area (Å²) >= 11 is 0. The number of nitrogens with zero attached hydrogens (tertiary/aromatic N) is 4. The van der Waals surface area contributed by atoms with Crippen LogP contribution in [0.2, 0.25) is 0 Å². The molecule has 2 heterocycles. The van der Waals surface area contributed by atoms with E-state index in [9.17, 15) is 4.79 Å². The van der Waals surface area contributed by atoms with Gasteiger partial charge < -0.3 is 19.1 Å². The fourth-order valence-electron chi connectivity index (χ4n) is 3.18. The molecule has 3 rings (SSSR count). The van der Waals surface area contributed by atoms with Crippen LogP contribution < -0.4 is 4.74 Å². The van der Waals surface area contributed by atoms with Crippen molar-refractivity contribution in [1.82, 2.24) is 19.4 Å². The first-order chi connectivity index (χ1) is 11.6. The van der Waals surface area contributed by atoms with Gasteiger partial charge in [0.25, 0.3) is 5.91 Å². The molecule has 0 fully saturated rings. The molecule has 0 aliphatic carbocycles. The Bertz CT molecular complexity index is 711. The Hall–Kier alpha value is -2.34. The largest absolute Gasteiger partial charge is 0.494 e. The van der Waals surface area contributed by atoms with Crippen molar-refractivity contribution in [2.75, 3.05) is 33.8 Å². The molecule has 1 unspecified atom stereocenters. The van der Waals surface area contributed by atoms with Gasteiger partial charge in [-0.05, 0) is 39.2 Å². The third kappa shape index (κ3) is 3.43. The maximum absolute atomic E-state index is 12.9. The number of fused-ring (bicyclic) bond motifs is 1. The number of imidazole rings is 1. The lowest BCUT2D eigenvalue weighted by atomic mass is 10.1. The molecule has 2 aromatic rings. The van der Waals surface area contributed by atoms with Gasteiger partial charge in [0.2, 0.25) is 0 Å². The number of benzene rings is 1. The van der Waals surface area contributed by atoms with Crippen LogP contribution in [0.15, 0.2) is 36.8 Å². The summed E-state index contributed by atoms with van der Waals surface area (Å²) in [7, 11) is 4.09. The Balaban J connectivity index is 1.82. The van der Waals surface area contributed by atoms with E-state index in [4.69, 9.17) is 4.74 Å². The van der Waals surface area contributed by atoms with Crippen molar-refractivity contribution < 1.29 is 9.53 Å². The number of rotatable bonds is 5. The number of aromatic nitrogens is 2. The minimum absolute atomic E-state index is 0.0350. The van der Waals surface area contributed by atoms with Crippen molar-refractivity contribution in [3.05, 3.63) is 48.0 Å². The van der Waals surface area contributed by atoms with E-state index in [1.54, 1.807) is 0 Å². The molecule has 1 aliphatic heterocycles. The quantitative estimate of drug-likeness (QED) is 0.843. The molecule has 0 radical (unpaired) electrons. The van der Waals surface area contributed by atoms with Crippen LogP contribution in [0.1, 0.15) is 29.0 Å². The van der Waals surface area contributed by atoms with E-state index in [-0.39, 0.29) is 11.9 Å². The van der Waals surface area contributed by atoms with Crippen molar-refractivity contribution in [2.45, 2.75) is 19.5 Å². The van der Waals surface area contributed by atoms with Crippen molar-refractivity contribution in [2.24, 2.45) is 0 Å². The molecule has 0 N–H and O–H groups in total. The van der Waals surface area contributed by atoms with E-state index in [0.717, 1.165) is 18.0 Å². The summed E-state index contributed by atoms with van der Waals surface area (Å²) < 4.78 is 7.69. The highest BCUT2D eigenvalue weighted by Gasteiger charge is 2.28. The fourth-order valence-corrected chi connectivity index (χ4v) is 3.18. The predicted molar refractivity (Wildman–Crippen MR) is 92.2 cm³/mol. The van der Waals surface area contributed by atoms with Gasteiger partial charge in [0.1, 0.15) is 5.75 Å². The first-order valence-electron chi connectivity index (χ1n) is 8.26. The summed E-state index contributed by atoms with van der Waals surface area (Å²) in [5.41, 5.74) is 1.74. The summed E-state index contributed by atoms with van der Waals surface area (Å²) in [6.07, 6.45) is 3.71. The van der Waals surface area contributed by atoms with Crippen LogP contribution in [-0.2, 0) is 6.54 Å². The second-order valence-electron chi connectivity index (χ2n) is 6.35. The Labute approximate surface area is 142 Å². The molecule has 1 aromatic heterocycles. The predicted octanol–water partition coefficient (Wildman–Crippen LogP) is 2.04. The first kappa shape index (κ1) is 16.5. The molecule has 1 amide bonds. The minimum atomic E-state index is 0.0350. The van der Waals surface area contributed by atoms with E-state index < -0.39 is 0 Å². The lowest BCUT2D eigenvalue weighted by molar-refractivity contribution is 0.0663. The second kappa shape index (κ2) is 7.05. The molecule has 1 atom stereocenters. The van der Waals surface area contributed by atoms with E-state index in [2.05, 4.69) is 14.5 Å². The average Bonchev–Trinajstić information content (AvgIpc) is 3.03. The molecular weight excluding hydrogens is 304 g/mol. The molecule has 1 aromatic carbocycles. The molecule has 0 saturated heterocycles. The summed E-state index contributed by atoms with van der Waals surface area (Å²) in [4.78, 5) is 21.2. The van der Waals surface area contributed by atoms with Gasteiger partial charge in [0.05, 0.1) is 31.2 Å². The van der Waals surface area contributed by atoms with Gasteiger partial charge in [-0.15, -0.1) is 0 Å². The highest BCUT2D eigenvalue weighted by Crippen LogP contribution is 2.24. The maximum atomic E-state index is 12.9. The molecule has 24 heavy (non-hydrogen) atoms. The standard InChI is InChI=1S/C18H24N4O2/c1-4-24-17-7-5-6-14(8-17)18(23)21-11-15-9-19-13-22(15)16(12-21)10-20(2)3/h5-9,13,16H,4,10-12H2,1-3H3. The monoisotopic (exact) mass is 328 g/mol. The van der Waals surface area contributed by atoms with Crippen molar-refractivity contribution >= 4 is 5.91 Å². The molecule has 1 aliphatic rings. The van der Waals surface area contributed by atoms with Gasteiger partial charge in [-0.3, -0.25) is 4.79 Å². The smallest absolute Gasteiger partial charge is 0.254 e. The highest BCUT2D eigenvalue weighted by molar-refractivity contribution is 5.94. The topological polar surface area (TPSA) is 50.6 Å². The molecule has 0 spiro atoms. The van der Waals surface area contributed by atoms with Crippen molar-refractivity contribution in [3.63, 3.8) is 0 Å². The zero-order valence-electron chi connectivity index (χ0n) is 14.5. The zero-order valence-corrected chi connectivity index (χ0v) is 14.5. The number of hydrogen-bond donors (Lipinski definition) is 0. The third-order valence-electron chi connectivity index (χ3n) is 4.18. The van der Waals surface area contributed by atoms with Crippen LogP contribution in [0.4, 0.5) is 0 Å². The van der Waals surface area contributed by atoms with E-state index >= 15 is 0 Å². The van der Waals surface area contributed by atoms with Gasteiger partial charge in [-0.25, -0.2) is 4.98 Å². The van der Waals surface area contributed by atoms with Crippen LogP contribution in [0.3, 0.4) is 0 Å². The summed E-state index contributed by atoms with van der Waals surface area (Å²) in [5.74, 6) is 0.767. The number of likely N-dealkylation sites (N-methyl/N-ethyl adjacent to an activating group) is 1. The van der Waals surface area contributed by atoms with Crippen LogP contribution >= 0.6 is 0 Å². The number of hydrogen-bond acceptors (Lipinski definition) is 4. The van der Waals surface area contributed by atoms with E-state index in [1.165, 1.54) is 0 Å². The molecule has 0 bridgehead atoms. The normalized spacial score (nSPS) is 17.0. The Morgan fingerprint density at radius 3 is 3.00 bits per heavy atom. The maximum Gasteiger partial charge on any atom is 0.254 e. The first-order valence-corrected chi connectivity index (χ1v) is 8.26. The lowest BCUT2D eigenvalue weighted by Crippen LogP contribution is -2.43. The van der Waals surface area contributed by atoms with Crippen molar-refractivity contribution in [1.29, 1.82) is 0 Å². The van der Waals surface area contributed by atoms with Gasteiger partial charge in [0.15, 0.2) is 0 Å². The van der Waals surface area contributed by atoms with Crippen LogP contribution in [0.5, 0.6) is 5.75 Å². The number of carbonyl (C=O) groups is 1. The van der Waals surface area contributed by atoms with Crippen LogP contribution in [0.25, 0.3) is 0 Å². The van der Waals surface area contributed by atoms with Crippen LogP contribution in [-0.4, -0.2) is 59.0 Å². The zero-order chi connectivity index (χ0) is 17.1. The minimum Gasteiger partial charge on any atom is -0.494 e. The van der Waals surface area contributed by atoms with Crippen molar-refractivity contribution in [3.8, 4) is 5.75 Å². The number of ether oxygens (including phenoxy) is 1. The van der Waals surface area contributed by atoms with Gasteiger partial charge >= 0.3 is 0 Å². The Morgan fingerprint density at radius 1 is 1.42 bits per heavy atom. The SMILES string of the molecule is CCOc1cccc(C(=O)N2Cc3cncn3C(CN(C)C)C2)c1. The molecule has 6 nitrogen and oxygen atoms in total. The lowest BCUT2D eigenvalue weighted by Gasteiger charge is -2.35. The fraction of sp³-hybridized carbons (Fsp3) is 0.444. The van der Waals surface area contributed by atoms with Gasteiger partial charge in [0, 0.05) is 24.8 Å². The van der Waals surface area contributed by atoms with E-state index in [0.29, 0.717) is 25.3 Å². The Kier molecular flexibility index (Phi) is 4.85. The summed E-state index contributed by atoms with van der Waals surface area (Å²) in [6.45, 7) is 4.66. The highest BCUT2D eigenvalue weighted by atomic mass is 16.5. The average molecular weight is 328 g/mol. The van der Waals surface area contributed by atoms with Crippen LogP contribution in [0, 0.1) is 0 Å². The molecule has 128 valence electrons.